The Labute approximate surface area is 310 Å². The van der Waals surface area contributed by atoms with Crippen molar-refractivity contribution >= 4 is 71.9 Å². The van der Waals surface area contributed by atoms with Crippen molar-refractivity contribution in [2.45, 2.75) is 0 Å². The van der Waals surface area contributed by atoms with E-state index in [0.717, 1.165) is 78.0 Å². The predicted octanol–water partition coefficient (Wildman–Crippen LogP) is 13.6. The Kier molecular flexibility index (Phi) is 6.79. The average molecular weight is 694 g/mol. The summed E-state index contributed by atoms with van der Waals surface area (Å²) in [5, 5.41) is 4.42. The summed E-state index contributed by atoms with van der Waals surface area (Å²) in [6.07, 6.45) is 0. The van der Waals surface area contributed by atoms with Gasteiger partial charge in [-0.3, -0.25) is 0 Å². The van der Waals surface area contributed by atoms with E-state index in [1.165, 1.54) is 16.3 Å². The van der Waals surface area contributed by atoms with Crippen molar-refractivity contribution in [3.63, 3.8) is 0 Å². The zero-order chi connectivity index (χ0) is 35.6. The number of hydrogen-bond acceptors (Lipinski definition) is 4. The molecule has 0 N–H and O–H groups in total. The van der Waals surface area contributed by atoms with Crippen LogP contribution in [-0.4, -0.2) is 9.55 Å². The molecule has 0 saturated heterocycles. The minimum absolute atomic E-state index is 0.603. The highest BCUT2D eigenvalue weighted by Crippen LogP contribution is 2.44. The SMILES string of the molecule is c1ccc(-c2nc3c(ccc4oc5cc(-c6ccc(N(c7ccccc7)c7cccc8c9ccccc9n(-c9ccccc9)c78)cc6)ccc5c43)o2)cc1. The van der Waals surface area contributed by atoms with Crippen LogP contribution in [0, 0.1) is 0 Å². The summed E-state index contributed by atoms with van der Waals surface area (Å²) in [6.45, 7) is 0. The van der Waals surface area contributed by atoms with Gasteiger partial charge in [0.1, 0.15) is 16.7 Å². The molecule has 0 aliphatic carbocycles. The van der Waals surface area contributed by atoms with Crippen LogP contribution < -0.4 is 4.90 Å². The van der Waals surface area contributed by atoms with E-state index in [0.29, 0.717) is 5.89 Å². The molecule has 0 aliphatic rings. The molecule has 254 valence electrons. The summed E-state index contributed by atoms with van der Waals surface area (Å²) >= 11 is 0. The number of aromatic nitrogens is 2. The molecule has 5 heteroatoms. The van der Waals surface area contributed by atoms with E-state index in [1.54, 1.807) is 0 Å². The summed E-state index contributed by atoms with van der Waals surface area (Å²) < 4.78 is 15.0. The Balaban J connectivity index is 1.03. The maximum absolute atomic E-state index is 6.44. The number of oxazole rings is 1. The van der Waals surface area contributed by atoms with Crippen molar-refractivity contribution in [1.82, 2.24) is 9.55 Å². The van der Waals surface area contributed by atoms with Gasteiger partial charge in [-0.05, 0) is 96.1 Å². The van der Waals surface area contributed by atoms with Crippen molar-refractivity contribution in [1.29, 1.82) is 0 Å². The molecule has 11 rings (SSSR count). The zero-order valence-corrected chi connectivity index (χ0v) is 29.1. The molecular formula is C49H31N3O2. The molecular weight excluding hydrogens is 663 g/mol. The highest BCUT2D eigenvalue weighted by Gasteiger charge is 2.22. The predicted molar refractivity (Wildman–Crippen MR) is 221 cm³/mol. The lowest BCUT2D eigenvalue weighted by molar-refractivity contribution is 0.619. The van der Waals surface area contributed by atoms with Crippen molar-refractivity contribution in [2.75, 3.05) is 4.90 Å². The number of hydrogen-bond donors (Lipinski definition) is 0. The third-order valence-corrected chi connectivity index (χ3v) is 10.4. The number of para-hydroxylation sites is 4. The van der Waals surface area contributed by atoms with Gasteiger partial charge in [-0.25, -0.2) is 4.98 Å². The van der Waals surface area contributed by atoms with Crippen LogP contribution in [0.25, 0.3) is 83.1 Å². The summed E-state index contributed by atoms with van der Waals surface area (Å²) in [7, 11) is 0. The summed E-state index contributed by atoms with van der Waals surface area (Å²) in [5.74, 6) is 0.603. The Morgan fingerprint density at radius 1 is 0.444 bits per heavy atom. The van der Waals surface area contributed by atoms with Gasteiger partial charge in [0, 0.05) is 38.8 Å². The highest BCUT2D eigenvalue weighted by molar-refractivity contribution is 6.17. The van der Waals surface area contributed by atoms with Crippen LogP contribution in [0.4, 0.5) is 17.1 Å². The lowest BCUT2D eigenvalue weighted by atomic mass is 10.0. The molecule has 0 aliphatic heterocycles. The maximum atomic E-state index is 6.44. The van der Waals surface area contributed by atoms with Crippen LogP contribution in [0.3, 0.4) is 0 Å². The first kappa shape index (κ1) is 30.3. The van der Waals surface area contributed by atoms with E-state index in [4.69, 9.17) is 13.8 Å². The minimum Gasteiger partial charge on any atom is -0.456 e. The quantitative estimate of drug-likeness (QED) is 0.174. The molecule has 0 amide bonds. The molecule has 8 aromatic carbocycles. The smallest absolute Gasteiger partial charge is 0.227 e. The highest BCUT2D eigenvalue weighted by atomic mass is 16.4. The second-order valence-corrected chi connectivity index (χ2v) is 13.6. The average Bonchev–Trinajstić information content (AvgIpc) is 3.94. The Hall–Kier alpha value is -7.37. The van der Waals surface area contributed by atoms with Crippen LogP contribution in [0.2, 0.25) is 0 Å². The number of anilines is 3. The van der Waals surface area contributed by atoms with Gasteiger partial charge < -0.3 is 18.3 Å². The second kappa shape index (κ2) is 12.1. The number of furan rings is 1. The maximum Gasteiger partial charge on any atom is 0.227 e. The van der Waals surface area contributed by atoms with Crippen molar-refractivity contribution < 1.29 is 8.83 Å². The largest absolute Gasteiger partial charge is 0.456 e. The molecule has 0 atom stereocenters. The van der Waals surface area contributed by atoms with E-state index in [2.05, 4.69) is 155 Å². The molecule has 0 radical (unpaired) electrons. The van der Waals surface area contributed by atoms with Gasteiger partial charge in [-0.2, -0.15) is 0 Å². The normalized spacial score (nSPS) is 11.7. The first-order chi connectivity index (χ1) is 26.8. The lowest BCUT2D eigenvalue weighted by Crippen LogP contribution is -2.11. The number of rotatable bonds is 6. The fourth-order valence-corrected chi connectivity index (χ4v) is 7.97. The first-order valence-corrected chi connectivity index (χ1v) is 18.1. The van der Waals surface area contributed by atoms with E-state index in [1.807, 2.05) is 42.5 Å². The summed E-state index contributed by atoms with van der Waals surface area (Å²) in [4.78, 5) is 7.27. The molecule has 0 spiro atoms. The van der Waals surface area contributed by atoms with Crippen LogP contribution in [0.5, 0.6) is 0 Å². The van der Waals surface area contributed by atoms with Crippen molar-refractivity contribution in [3.8, 4) is 28.3 Å². The van der Waals surface area contributed by atoms with Gasteiger partial charge in [-0.1, -0.05) is 103 Å². The van der Waals surface area contributed by atoms with Crippen LogP contribution in [0.15, 0.2) is 197 Å². The molecule has 3 heterocycles. The lowest BCUT2D eigenvalue weighted by Gasteiger charge is -2.27. The minimum atomic E-state index is 0.603. The van der Waals surface area contributed by atoms with Gasteiger partial charge in [0.25, 0.3) is 0 Å². The van der Waals surface area contributed by atoms with Crippen LogP contribution in [-0.2, 0) is 0 Å². The fourth-order valence-electron chi connectivity index (χ4n) is 7.97. The van der Waals surface area contributed by atoms with Crippen LogP contribution in [0.1, 0.15) is 0 Å². The molecule has 5 nitrogen and oxygen atoms in total. The Morgan fingerprint density at radius 3 is 1.93 bits per heavy atom. The van der Waals surface area contributed by atoms with Crippen molar-refractivity contribution in [3.05, 3.63) is 188 Å². The molecule has 0 unspecified atom stereocenters. The van der Waals surface area contributed by atoms with Gasteiger partial charge >= 0.3 is 0 Å². The zero-order valence-electron chi connectivity index (χ0n) is 29.1. The van der Waals surface area contributed by atoms with E-state index in [9.17, 15) is 0 Å². The molecule has 0 bridgehead atoms. The van der Waals surface area contributed by atoms with Gasteiger partial charge in [-0.15, -0.1) is 0 Å². The van der Waals surface area contributed by atoms with Crippen LogP contribution >= 0.6 is 0 Å². The number of benzene rings is 8. The van der Waals surface area contributed by atoms with E-state index >= 15 is 0 Å². The first-order valence-electron chi connectivity index (χ1n) is 18.1. The summed E-state index contributed by atoms with van der Waals surface area (Å²) in [6, 6.07) is 65.7. The standard InChI is InChI=1S/C49H31N3O2/c1-4-13-33(14-5-1)49-50-47-44(54-49)30-29-43-46(47)40-28-25-34(31-45(40)53-43)32-23-26-37(27-24-32)51(35-15-6-2-7-16-35)42-22-12-20-39-38-19-10-11-21-41(38)52(48(39)42)36-17-8-3-9-18-36/h1-31H. The number of fused-ring (bicyclic) bond motifs is 8. The Morgan fingerprint density at radius 2 is 1.11 bits per heavy atom. The van der Waals surface area contributed by atoms with Crippen molar-refractivity contribution in [2.24, 2.45) is 0 Å². The monoisotopic (exact) mass is 693 g/mol. The molecule has 0 saturated carbocycles. The van der Waals surface area contributed by atoms with Gasteiger partial charge in [0.2, 0.25) is 5.89 Å². The van der Waals surface area contributed by atoms with Gasteiger partial charge in [0.05, 0.1) is 22.1 Å². The molecule has 11 aromatic rings. The van der Waals surface area contributed by atoms with Gasteiger partial charge in [0.15, 0.2) is 5.58 Å². The van der Waals surface area contributed by atoms with E-state index < -0.39 is 0 Å². The summed E-state index contributed by atoms with van der Waals surface area (Å²) in [5.41, 5.74) is 13.0. The third kappa shape index (κ3) is 4.76. The Bertz CT molecular complexity index is 3140. The molecule has 3 aromatic heterocycles. The fraction of sp³-hybridized carbons (Fsp3) is 0. The molecule has 0 fully saturated rings. The second-order valence-electron chi connectivity index (χ2n) is 13.6. The third-order valence-electron chi connectivity index (χ3n) is 10.4. The van der Waals surface area contributed by atoms with E-state index in [-0.39, 0.29) is 0 Å². The number of nitrogens with zero attached hydrogens (tertiary/aromatic N) is 3. The molecule has 54 heavy (non-hydrogen) atoms. The topological polar surface area (TPSA) is 47.3 Å².